The van der Waals surface area contributed by atoms with E-state index in [1.807, 2.05) is 0 Å². The molecule has 2 aliphatic rings. The SMILES string of the molecule is COC(=O)C1(Nc2cccc(F)c2)CC(C)N(C2CC2)C1. The first-order chi connectivity index (χ1) is 10.0. The molecule has 1 aliphatic heterocycles. The van der Waals surface area contributed by atoms with Gasteiger partial charge in [-0.1, -0.05) is 6.07 Å². The normalized spacial score (nSPS) is 29.4. The van der Waals surface area contributed by atoms with Crippen LogP contribution >= 0.6 is 0 Å². The zero-order valence-corrected chi connectivity index (χ0v) is 12.4. The fourth-order valence-electron chi connectivity index (χ4n) is 3.38. The van der Waals surface area contributed by atoms with Gasteiger partial charge in [-0.3, -0.25) is 4.90 Å². The number of likely N-dealkylation sites (tertiary alicyclic amines) is 1. The van der Waals surface area contributed by atoms with Crippen LogP contribution in [0.25, 0.3) is 0 Å². The molecule has 1 aromatic carbocycles. The second kappa shape index (κ2) is 5.30. The van der Waals surface area contributed by atoms with Gasteiger partial charge >= 0.3 is 5.97 Å². The molecule has 1 N–H and O–H groups in total. The molecule has 21 heavy (non-hydrogen) atoms. The van der Waals surface area contributed by atoms with E-state index in [4.69, 9.17) is 4.74 Å². The van der Waals surface area contributed by atoms with Gasteiger partial charge in [-0.2, -0.15) is 0 Å². The van der Waals surface area contributed by atoms with Crippen LogP contribution in [0.1, 0.15) is 26.2 Å². The number of nitrogens with zero attached hydrogens (tertiary/aromatic N) is 1. The van der Waals surface area contributed by atoms with Crippen molar-refractivity contribution in [1.29, 1.82) is 0 Å². The quantitative estimate of drug-likeness (QED) is 0.865. The lowest BCUT2D eigenvalue weighted by atomic mass is 9.95. The van der Waals surface area contributed by atoms with E-state index in [1.54, 1.807) is 12.1 Å². The molecule has 0 aromatic heterocycles. The van der Waals surface area contributed by atoms with Crippen LogP contribution in [0, 0.1) is 5.82 Å². The van der Waals surface area contributed by atoms with Crippen molar-refractivity contribution in [2.24, 2.45) is 0 Å². The van der Waals surface area contributed by atoms with Crippen LogP contribution in [0.2, 0.25) is 0 Å². The van der Waals surface area contributed by atoms with Crippen molar-refractivity contribution >= 4 is 11.7 Å². The Morgan fingerprint density at radius 3 is 2.86 bits per heavy atom. The Kier molecular flexibility index (Phi) is 3.61. The molecule has 1 saturated carbocycles. The van der Waals surface area contributed by atoms with Gasteiger partial charge in [0.15, 0.2) is 0 Å². The predicted octanol–water partition coefficient (Wildman–Crippen LogP) is 2.41. The van der Waals surface area contributed by atoms with Crippen molar-refractivity contribution in [3.8, 4) is 0 Å². The fraction of sp³-hybridized carbons (Fsp3) is 0.562. The van der Waals surface area contributed by atoms with Crippen LogP contribution < -0.4 is 5.32 Å². The summed E-state index contributed by atoms with van der Waals surface area (Å²) in [7, 11) is 1.40. The standard InChI is InChI=1S/C16H21FN2O2/c1-11-9-16(15(20)21-2,10-19(11)14-6-7-14)18-13-5-3-4-12(17)8-13/h3-5,8,11,14,18H,6-7,9-10H2,1-2H3. The number of esters is 1. The van der Waals surface area contributed by atoms with E-state index < -0.39 is 5.54 Å². The van der Waals surface area contributed by atoms with Gasteiger partial charge in [0, 0.05) is 24.3 Å². The van der Waals surface area contributed by atoms with Crippen LogP contribution in [0.3, 0.4) is 0 Å². The first-order valence-electron chi connectivity index (χ1n) is 7.42. The van der Waals surface area contributed by atoms with Gasteiger partial charge in [-0.05, 0) is 44.4 Å². The van der Waals surface area contributed by atoms with Crippen LogP contribution in [-0.2, 0) is 9.53 Å². The first-order valence-corrected chi connectivity index (χ1v) is 7.42. The molecule has 1 aromatic rings. The summed E-state index contributed by atoms with van der Waals surface area (Å²) in [5, 5.41) is 3.23. The van der Waals surface area contributed by atoms with E-state index in [0.717, 1.165) is 0 Å². The van der Waals surface area contributed by atoms with E-state index >= 15 is 0 Å². The topological polar surface area (TPSA) is 41.6 Å². The Morgan fingerprint density at radius 1 is 1.48 bits per heavy atom. The smallest absolute Gasteiger partial charge is 0.332 e. The van der Waals surface area contributed by atoms with Gasteiger partial charge in [0.25, 0.3) is 0 Å². The number of ether oxygens (including phenoxy) is 1. The summed E-state index contributed by atoms with van der Waals surface area (Å²) >= 11 is 0. The molecular weight excluding hydrogens is 271 g/mol. The molecule has 2 fully saturated rings. The van der Waals surface area contributed by atoms with Crippen LogP contribution in [0.15, 0.2) is 24.3 Å². The maximum atomic E-state index is 13.4. The second-order valence-corrected chi connectivity index (χ2v) is 6.17. The van der Waals surface area contributed by atoms with Crippen molar-refractivity contribution in [2.75, 3.05) is 19.0 Å². The highest BCUT2D eigenvalue weighted by Gasteiger charge is 2.52. The first kappa shape index (κ1) is 14.3. The van der Waals surface area contributed by atoms with E-state index in [-0.39, 0.29) is 11.8 Å². The lowest BCUT2D eigenvalue weighted by molar-refractivity contribution is -0.145. The highest BCUT2D eigenvalue weighted by molar-refractivity contribution is 5.85. The Bertz CT molecular complexity index is 547. The third kappa shape index (κ3) is 2.75. The fourth-order valence-corrected chi connectivity index (χ4v) is 3.38. The van der Waals surface area contributed by atoms with Gasteiger partial charge in [-0.25, -0.2) is 9.18 Å². The third-order valence-corrected chi connectivity index (χ3v) is 4.46. The maximum absolute atomic E-state index is 13.4. The van der Waals surface area contributed by atoms with E-state index in [1.165, 1.54) is 32.1 Å². The molecule has 0 amide bonds. The zero-order valence-electron chi connectivity index (χ0n) is 12.4. The number of nitrogens with one attached hydrogen (secondary N) is 1. The molecule has 1 heterocycles. The molecule has 2 atom stereocenters. The molecule has 0 bridgehead atoms. The number of carbonyl (C=O) groups is 1. The van der Waals surface area contributed by atoms with Crippen molar-refractivity contribution < 1.29 is 13.9 Å². The van der Waals surface area contributed by atoms with E-state index in [2.05, 4.69) is 17.1 Å². The lowest BCUT2D eigenvalue weighted by Gasteiger charge is -2.29. The molecular formula is C16H21FN2O2. The number of hydrogen-bond acceptors (Lipinski definition) is 4. The molecule has 3 rings (SSSR count). The monoisotopic (exact) mass is 292 g/mol. The maximum Gasteiger partial charge on any atom is 0.332 e. The summed E-state index contributed by atoms with van der Waals surface area (Å²) in [5.41, 5.74) is -0.171. The Labute approximate surface area is 124 Å². The van der Waals surface area contributed by atoms with Crippen molar-refractivity contribution in [2.45, 2.75) is 43.8 Å². The minimum absolute atomic E-state index is 0.276. The number of methoxy groups -OCH3 is 1. The second-order valence-electron chi connectivity index (χ2n) is 6.17. The molecule has 1 aliphatic carbocycles. The number of rotatable bonds is 4. The molecule has 0 radical (unpaired) electrons. The number of anilines is 1. The Hall–Kier alpha value is -1.62. The molecule has 4 nitrogen and oxygen atoms in total. The largest absolute Gasteiger partial charge is 0.467 e. The van der Waals surface area contributed by atoms with Crippen LogP contribution in [0.5, 0.6) is 0 Å². The van der Waals surface area contributed by atoms with Gasteiger partial charge in [-0.15, -0.1) is 0 Å². The van der Waals surface area contributed by atoms with E-state index in [9.17, 15) is 9.18 Å². The molecule has 1 saturated heterocycles. The van der Waals surface area contributed by atoms with Crippen molar-refractivity contribution in [1.82, 2.24) is 4.90 Å². The third-order valence-electron chi connectivity index (χ3n) is 4.46. The molecule has 114 valence electrons. The highest BCUT2D eigenvalue weighted by Crippen LogP contribution is 2.39. The summed E-state index contributed by atoms with van der Waals surface area (Å²) in [6.45, 7) is 2.75. The summed E-state index contributed by atoms with van der Waals surface area (Å²) in [6, 6.07) is 7.12. The van der Waals surface area contributed by atoms with E-state index in [0.29, 0.717) is 30.7 Å². The average Bonchev–Trinajstić information content (AvgIpc) is 3.23. The predicted molar refractivity (Wildman–Crippen MR) is 78.6 cm³/mol. The van der Waals surface area contributed by atoms with Crippen molar-refractivity contribution in [3.63, 3.8) is 0 Å². The number of hydrogen-bond donors (Lipinski definition) is 1. The molecule has 2 unspecified atom stereocenters. The van der Waals surface area contributed by atoms with Crippen LogP contribution in [0.4, 0.5) is 10.1 Å². The summed E-state index contributed by atoms with van der Waals surface area (Å²) in [4.78, 5) is 14.7. The van der Waals surface area contributed by atoms with Gasteiger partial charge < -0.3 is 10.1 Å². The Balaban J connectivity index is 1.86. The summed E-state index contributed by atoms with van der Waals surface area (Å²) < 4.78 is 18.4. The summed E-state index contributed by atoms with van der Waals surface area (Å²) in [6.07, 6.45) is 3.07. The van der Waals surface area contributed by atoms with Crippen LogP contribution in [-0.4, -0.2) is 42.1 Å². The molecule has 5 heteroatoms. The lowest BCUT2D eigenvalue weighted by Crippen LogP contribution is -2.49. The zero-order chi connectivity index (χ0) is 15.0. The van der Waals surface area contributed by atoms with Crippen molar-refractivity contribution in [3.05, 3.63) is 30.1 Å². The minimum Gasteiger partial charge on any atom is -0.467 e. The molecule has 0 spiro atoms. The Morgan fingerprint density at radius 2 is 2.24 bits per heavy atom. The number of halogens is 1. The highest BCUT2D eigenvalue weighted by atomic mass is 19.1. The minimum atomic E-state index is -0.787. The van der Waals surface area contributed by atoms with Gasteiger partial charge in [0.2, 0.25) is 0 Å². The number of benzene rings is 1. The summed E-state index contributed by atoms with van der Waals surface area (Å²) in [5.74, 6) is -0.591. The number of carbonyl (C=O) groups excluding carboxylic acids is 1. The van der Waals surface area contributed by atoms with Gasteiger partial charge in [0.05, 0.1) is 7.11 Å². The average molecular weight is 292 g/mol. The van der Waals surface area contributed by atoms with Gasteiger partial charge in [0.1, 0.15) is 11.4 Å².